The van der Waals surface area contributed by atoms with Gasteiger partial charge in [0, 0.05) is 24.9 Å². The van der Waals surface area contributed by atoms with Crippen LogP contribution in [-0.2, 0) is 20.7 Å². The van der Waals surface area contributed by atoms with Crippen molar-refractivity contribution in [3.05, 3.63) is 53.8 Å². The van der Waals surface area contributed by atoms with E-state index in [1.54, 1.807) is 36.4 Å². The molecule has 0 unspecified atom stereocenters. The summed E-state index contributed by atoms with van der Waals surface area (Å²) < 4.78 is 23.2. The molecule has 2 rings (SSSR count). The third kappa shape index (κ3) is 5.86. The highest BCUT2D eigenvalue weighted by Crippen LogP contribution is 2.19. The van der Waals surface area contributed by atoms with Crippen LogP contribution in [0, 0.1) is 5.82 Å². The Hall–Kier alpha value is -2.93. The lowest BCUT2D eigenvalue weighted by Gasteiger charge is -2.08. The molecule has 2 aromatic carbocycles. The van der Waals surface area contributed by atoms with Crippen molar-refractivity contribution in [3.8, 4) is 5.75 Å². The van der Waals surface area contributed by atoms with E-state index in [9.17, 15) is 14.0 Å². The van der Waals surface area contributed by atoms with Crippen molar-refractivity contribution >= 4 is 23.2 Å². The van der Waals surface area contributed by atoms with Gasteiger partial charge in [-0.15, -0.1) is 0 Å². The quantitative estimate of drug-likeness (QED) is 0.759. The van der Waals surface area contributed by atoms with Gasteiger partial charge in [-0.3, -0.25) is 9.59 Å². The third-order valence-electron chi connectivity index (χ3n) is 3.58. The first-order valence-corrected chi connectivity index (χ1v) is 8.03. The van der Waals surface area contributed by atoms with E-state index in [0.717, 1.165) is 5.56 Å². The fourth-order valence-electron chi connectivity index (χ4n) is 2.31. The lowest BCUT2D eigenvalue weighted by Crippen LogP contribution is -2.17. The highest BCUT2D eigenvalue weighted by atomic mass is 19.1. The Balaban J connectivity index is 1.84. The molecule has 26 heavy (non-hydrogen) atoms. The Morgan fingerprint density at radius 1 is 0.962 bits per heavy atom. The largest absolute Gasteiger partial charge is 0.494 e. The number of carbonyl (C=O) groups excluding carboxylic acids is 2. The topological polar surface area (TPSA) is 76.7 Å². The van der Waals surface area contributed by atoms with E-state index < -0.39 is 5.82 Å². The molecule has 0 aliphatic heterocycles. The molecule has 0 fully saturated rings. The number of ether oxygens (including phenoxy) is 2. The van der Waals surface area contributed by atoms with E-state index in [1.165, 1.54) is 20.3 Å². The van der Waals surface area contributed by atoms with E-state index in [4.69, 9.17) is 9.47 Å². The molecule has 0 bridgehead atoms. The van der Waals surface area contributed by atoms with Crippen LogP contribution in [0.15, 0.2) is 42.5 Å². The first-order chi connectivity index (χ1) is 12.5. The molecule has 2 N–H and O–H groups in total. The standard InChI is InChI=1S/C19H21FN2O4/c1-25-12-19(24)22-15-7-5-14(6-8-15)21-18(23)10-4-13-3-9-17(26-2)16(20)11-13/h3,5-9,11H,4,10,12H2,1-2H3,(H,21,23)(H,22,24). The molecular formula is C19H21FN2O4. The number of rotatable bonds is 8. The Labute approximate surface area is 151 Å². The minimum absolute atomic E-state index is 0.0234. The number of aryl methyl sites for hydroxylation is 1. The molecule has 0 spiro atoms. The number of methoxy groups -OCH3 is 2. The lowest BCUT2D eigenvalue weighted by atomic mass is 10.1. The molecule has 0 aliphatic carbocycles. The number of hydrogen-bond acceptors (Lipinski definition) is 4. The van der Waals surface area contributed by atoms with E-state index >= 15 is 0 Å². The molecule has 0 aromatic heterocycles. The van der Waals surface area contributed by atoms with Crippen LogP contribution in [0.25, 0.3) is 0 Å². The molecule has 2 aromatic rings. The highest BCUT2D eigenvalue weighted by Gasteiger charge is 2.07. The summed E-state index contributed by atoms with van der Waals surface area (Å²) >= 11 is 0. The SMILES string of the molecule is COCC(=O)Nc1ccc(NC(=O)CCc2ccc(OC)c(F)c2)cc1. The predicted molar refractivity (Wildman–Crippen MR) is 96.9 cm³/mol. The van der Waals surface area contributed by atoms with Gasteiger partial charge in [0.15, 0.2) is 11.6 Å². The Bertz CT molecular complexity index is 763. The first kappa shape index (κ1) is 19.4. The van der Waals surface area contributed by atoms with Gasteiger partial charge in [0.1, 0.15) is 6.61 Å². The summed E-state index contributed by atoms with van der Waals surface area (Å²) in [6, 6.07) is 11.4. The van der Waals surface area contributed by atoms with Gasteiger partial charge in [0.25, 0.3) is 0 Å². The smallest absolute Gasteiger partial charge is 0.250 e. The minimum Gasteiger partial charge on any atom is -0.494 e. The first-order valence-electron chi connectivity index (χ1n) is 8.03. The monoisotopic (exact) mass is 360 g/mol. The van der Waals surface area contributed by atoms with Crippen LogP contribution in [0.4, 0.5) is 15.8 Å². The molecule has 0 aliphatic rings. The summed E-state index contributed by atoms with van der Waals surface area (Å²) in [5, 5.41) is 5.42. The van der Waals surface area contributed by atoms with Gasteiger partial charge in [0.05, 0.1) is 7.11 Å². The van der Waals surface area contributed by atoms with Crippen LogP contribution in [0.1, 0.15) is 12.0 Å². The Kier molecular flexibility index (Phi) is 7.11. The van der Waals surface area contributed by atoms with Crippen molar-refractivity contribution in [1.29, 1.82) is 0 Å². The average molecular weight is 360 g/mol. The van der Waals surface area contributed by atoms with Crippen LogP contribution in [0.3, 0.4) is 0 Å². The number of halogens is 1. The number of nitrogens with one attached hydrogen (secondary N) is 2. The van der Waals surface area contributed by atoms with Crippen molar-refractivity contribution in [1.82, 2.24) is 0 Å². The third-order valence-corrected chi connectivity index (χ3v) is 3.58. The molecule has 0 saturated carbocycles. The van der Waals surface area contributed by atoms with E-state index in [2.05, 4.69) is 10.6 Å². The zero-order valence-electron chi connectivity index (χ0n) is 14.7. The number of anilines is 2. The maximum Gasteiger partial charge on any atom is 0.250 e. The van der Waals surface area contributed by atoms with Gasteiger partial charge in [-0.2, -0.15) is 0 Å². The van der Waals surface area contributed by atoms with Crippen LogP contribution < -0.4 is 15.4 Å². The average Bonchev–Trinajstić information content (AvgIpc) is 2.62. The van der Waals surface area contributed by atoms with E-state index in [0.29, 0.717) is 17.8 Å². The lowest BCUT2D eigenvalue weighted by molar-refractivity contribution is -0.119. The number of hydrogen-bond donors (Lipinski definition) is 2. The summed E-state index contributed by atoms with van der Waals surface area (Å²) in [5.74, 6) is -0.708. The molecule has 0 radical (unpaired) electrons. The molecule has 7 heteroatoms. The van der Waals surface area contributed by atoms with Crippen molar-refractivity contribution in [3.63, 3.8) is 0 Å². The summed E-state index contributed by atoms with van der Waals surface area (Å²) in [5.41, 5.74) is 1.94. The Morgan fingerprint density at radius 2 is 1.58 bits per heavy atom. The molecule has 138 valence electrons. The highest BCUT2D eigenvalue weighted by molar-refractivity contribution is 5.93. The maximum absolute atomic E-state index is 13.6. The summed E-state index contributed by atoms with van der Waals surface area (Å²) in [6.45, 7) is -0.0234. The summed E-state index contributed by atoms with van der Waals surface area (Å²) in [4.78, 5) is 23.4. The molecule has 0 heterocycles. The van der Waals surface area contributed by atoms with E-state index in [-0.39, 0.29) is 30.6 Å². The second-order valence-electron chi connectivity index (χ2n) is 5.58. The van der Waals surface area contributed by atoms with Gasteiger partial charge in [0.2, 0.25) is 11.8 Å². The Morgan fingerprint density at radius 3 is 2.12 bits per heavy atom. The molecule has 2 amide bonds. The summed E-state index contributed by atoms with van der Waals surface area (Å²) in [7, 11) is 2.85. The van der Waals surface area contributed by atoms with Crippen molar-refractivity contribution < 1.29 is 23.5 Å². The van der Waals surface area contributed by atoms with Crippen LogP contribution >= 0.6 is 0 Å². The number of amides is 2. The van der Waals surface area contributed by atoms with Crippen LogP contribution in [0.2, 0.25) is 0 Å². The van der Waals surface area contributed by atoms with Gasteiger partial charge in [-0.05, 0) is 48.4 Å². The van der Waals surface area contributed by atoms with Crippen LogP contribution in [0.5, 0.6) is 5.75 Å². The maximum atomic E-state index is 13.6. The van der Waals surface area contributed by atoms with Crippen molar-refractivity contribution in [2.24, 2.45) is 0 Å². The zero-order chi connectivity index (χ0) is 18.9. The molecule has 6 nitrogen and oxygen atoms in total. The van der Waals surface area contributed by atoms with Crippen LogP contribution in [-0.4, -0.2) is 32.6 Å². The van der Waals surface area contributed by atoms with Gasteiger partial charge in [-0.1, -0.05) is 6.07 Å². The fraction of sp³-hybridized carbons (Fsp3) is 0.263. The summed E-state index contributed by atoms with van der Waals surface area (Å²) in [6.07, 6.45) is 0.635. The molecular weight excluding hydrogens is 339 g/mol. The normalized spacial score (nSPS) is 10.3. The molecule has 0 saturated heterocycles. The predicted octanol–water partition coefficient (Wildman–Crippen LogP) is 2.99. The van der Waals surface area contributed by atoms with Crippen molar-refractivity contribution in [2.75, 3.05) is 31.5 Å². The van der Waals surface area contributed by atoms with E-state index in [1.807, 2.05) is 0 Å². The second-order valence-corrected chi connectivity index (χ2v) is 5.58. The number of carbonyl (C=O) groups is 2. The second kappa shape index (κ2) is 9.53. The van der Waals surface area contributed by atoms with Gasteiger partial charge < -0.3 is 20.1 Å². The molecule has 0 atom stereocenters. The zero-order valence-corrected chi connectivity index (χ0v) is 14.7. The van der Waals surface area contributed by atoms with Crippen molar-refractivity contribution in [2.45, 2.75) is 12.8 Å². The van der Waals surface area contributed by atoms with Gasteiger partial charge in [-0.25, -0.2) is 4.39 Å². The van der Waals surface area contributed by atoms with Gasteiger partial charge >= 0.3 is 0 Å². The minimum atomic E-state index is -0.448. The fourth-order valence-corrected chi connectivity index (χ4v) is 2.31. The number of benzene rings is 2.